The molecule has 0 heterocycles. The number of hydrogen-bond acceptors (Lipinski definition) is 13. The number of nitrogens with two attached hydrogens (primary N) is 2. The van der Waals surface area contributed by atoms with Crippen molar-refractivity contribution < 1.29 is 49.8 Å². The third-order valence-corrected chi connectivity index (χ3v) is 8.21. The number of carbonyl (C=O) groups excluding carboxylic acids is 4. The number of urea groups is 1. The van der Waals surface area contributed by atoms with Crippen molar-refractivity contribution >= 4 is 35.0 Å². The van der Waals surface area contributed by atoms with Crippen LogP contribution in [0, 0.1) is 11.8 Å². The number of fused-ring (bicyclic) bond motifs is 3. The molecule has 0 bridgehead atoms. The minimum absolute atomic E-state index is 0.0543. The molecule has 4 rings (SSSR count). The predicted octanol–water partition coefficient (Wildman–Crippen LogP) is -2.57. The number of aliphatic hydroxyl groups excluding tert-OH is 2. The molecule has 234 valence electrons. The van der Waals surface area contributed by atoms with Crippen molar-refractivity contribution in [3.05, 3.63) is 39.7 Å². The summed E-state index contributed by atoms with van der Waals surface area (Å²) in [5.41, 5.74) is 7.36. The van der Waals surface area contributed by atoms with Gasteiger partial charge in [0.2, 0.25) is 11.7 Å². The number of Topliss-reactive ketones (excluding diaryl/α,β-unsaturated/α-hetero) is 2. The summed E-state index contributed by atoms with van der Waals surface area (Å²) < 4.78 is 0. The highest BCUT2D eigenvalue weighted by atomic mass is 16.5. The number of amides is 3. The zero-order valence-corrected chi connectivity index (χ0v) is 24.0. The number of phenolic OH excluding ortho intramolecular Hbond substituents is 1. The molecule has 1 aromatic rings. The van der Waals surface area contributed by atoms with Crippen LogP contribution in [0.5, 0.6) is 5.75 Å². The molecule has 16 heteroatoms. The number of nitrogens with zero attached hydrogens (tertiary/aromatic N) is 2. The van der Waals surface area contributed by atoms with Crippen molar-refractivity contribution in [1.82, 2.24) is 15.5 Å². The smallest absolute Gasteiger partial charge is 0.315 e. The zero-order chi connectivity index (χ0) is 32.3. The van der Waals surface area contributed by atoms with E-state index in [1.807, 2.05) is 0 Å². The van der Waals surface area contributed by atoms with Crippen LogP contribution in [0.1, 0.15) is 23.1 Å². The Balaban J connectivity index is 1.84. The molecule has 0 saturated heterocycles. The number of aliphatic hydroxyl groups is 5. The number of primary amides is 1. The molecular formula is C27H36N6O10. The van der Waals surface area contributed by atoms with Gasteiger partial charge in [0.25, 0.3) is 5.91 Å². The number of nitrogens with one attached hydrogen (secondary N) is 2. The fourth-order valence-electron chi connectivity index (χ4n) is 6.33. The number of benzene rings is 1. The molecule has 3 amide bonds. The number of phenols is 1. The molecule has 0 unspecified atom stereocenters. The first-order valence-electron chi connectivity index (χ1n) is 13.3. The summed E-state index contributed by atoms with van der Waals surface area (Å²) >= 11 is 0. The molecule has 0 radical (unpaired) electrons. The largest absolute Gasteiger partial charge is 0.508 e. The highest BCUT2D eigenvalue weighted by Crippen LogP contribution is 2.54. The SMILES string of the molecule is CN(C)c1cc(CNC(=O)NCC(N)(O)O)c(O)c2c1C[C@H]1C[C@H]3[C@@H](N(C)C)C(=O)C(C(N)=O)=C(O)[C@@]3(O)C(=O)C1=C2O. The molecule has 0 spiro atoms. The number of ketones is 2. The van der Waals surface area contributed by atoms with Gasteiger partial charge in [0.05, 0.1) is 18.2 Å². The molecule has 1 fully saturated rings. The van der Waals surface area contributed by atoms with Crippen molar-refractivity contribution in [3.8, 4) is 5.75 Å². The van der Waals surface area contributed by atoms with Crippen molar-refractivity contribution in [3.63, 3.8) is 0 Å². The summed E-state index contributed by atoms with van der Waals surface area (Å²) in [5, 5.41) is 68.4. The van der Waals surface area contributed by atoms with Crippen LogP contribution in [0.2, 0.25) is 0 Å². The molecule has 12 N–H and O–H groups in total. The Labute approximate surface area is 245 Å². The number of aromatic hydroxyl groups is 1. The van der Waals surface area contributed by atoms with Crippen molar-refractivity contribution in [1.29, 1.82) is 0 Å². The Morgan fingerprint density at radius 3 is 2.28 bits per heavy atom. The molecule has 16 nitrogen and oxygen atoms in total. The van der Waals surface area contributed by atoms with Crippen LogP contribution in [-0.4, -0.2) is 111 Å². The van der Waals surface area contributed by atoms with Gasteiger partial charge >= 0.3 is 6.03 Å². The van der Waals surface area contributed by atoms with Gasteiger partial charge in [-0.15, -0.1) is 0 Å². The van der Waals surface area contributed by atoms with Crippen molar-refractivity contribution in [2.24, 2.45) is 23.3 Å². The average molecular weight is 605 g/mol. The maximum absolute atomic E-state index is 14.0. The average Bonchev–Trinajstić information content (AvgIpc) is 2.88. The lowest BCUT2D eigenvalue weighted by molar-refractivity contribution is -0.154. The lowest BCUT2D eigenvalue weighted by atomic mass is 9.57. The summed E-state index contributed by atoms with van der Waals surface area (Å²) in [5.74, 6) is -10.2. The van der Waals surface area contributed by atoms with Crippen LogP contribution in [0.25, 0.3) is 5.76 Å². The van der Waals surface area contributed by atoms with Gasteiger partial charge in [-0.05, 0) is 44.5 Å². The van der Waals surface area contributed by atoms with Crippen LogP contribution in [0.4, 0.5) is 10.5 Å². The molecule has 3 aliphatic rings. The molecule has 0 aliphatic heterocycles. The number of anilines is 1. The van der Waals surface area contributed by atoms with E-state index in [4.69, 9.17) is 11.5 Å². The minimum atomic E-state index is -2.76. The van der Waals surface area contributed by atoms with Crippen molar-refractivity contribution in [2.75, 3.05) is 39.6 Å². The van der Waals surface area contributed by atoms with Crippen molar-refractivity contribution in [2.45, 2.75) is 36.9 Å². The maximum Gasteiger partial charge on any atom is 0.315 e. The van der Waals surface area contributed by atoms with Crippen LogP contribution < -0.4 is 27.0 Å². The second-order valence-electron chi connectivity index (χ2n) is 11.5. The molecule has 4 atom stereocenters. The Morgan fingerprint density at radius 1 is 1.12 bits per heavy atom. The van der Waals surface area contributed by atoms with Crippen LogP contribution in [-0.2, 0) is 27.3 Å². The van der Waals surface area contributed by atoms with E-state index in [0.29, 0.717) is 11.3 Å². The maximum atomic E-state index is 14.0. The lowest BCUT2D eigenvalue weighted by Gasteiger charge is -2.50. The van der Waals surface area contributed by atoms with Gasteiger partial charge in [-0.3, -0.25) is 25.0 Å². The molecule has 0 aromatic heterocycles. The second kappa shape index (κ2) is 10.8. The molecule has 1 saturated carbocycles. The van der Waals surface area contributed by atoms with E-state index in [-0.39, 0.29) is 36.1 Å². The standard InChI is InChI=1S/C27H36N6O10/c1-32(2)14-7-11(8-30-25(40)31-9-26(29,41)42)19(34)16-12(14)5-10-6-13-18(33(3)4)21(36)17(24(28)39)23(38)27(13,43)22(37)15(10)20(16)35/h7,10,13,18,34-35,38,41-43H,5-6,8-9,29H2,1-4H3,(H2,28,39)(H2,30,31,40)/t10-,13-,18+,27-/m0/s1. The second-order valence-corrected chi connectivity index (χ2v) is 11.5. The van der Waals surface area contributed by atoms with E-state index in [9.17, 15) is 49.8 Å². The van der Waals surface area contributed by atoms with Gasteiger partial charge in [-0.25, -0.2) is 4.79 Å². The highest BCUT2D eigenvalue weighted by Gasteiger charge is 2.64. The van der Waals surface area contributed by atoms with Gasteiger partial charge in [0, 0.05) is 43.4 Å². The first-order valence-corrected chi connectivity index (χ1v) is 13.3. The summed E-state index contributed by atoms with van der Waals surface area (Å²) in [6.45, 7) is -0.998. The Bertz CT molecular complexity index is 1480. The molecule has 43 heavy (non-hydrogen) atoms. The normalized spacial score (nSPS) is 25.3. The van der Waals surface area contributed by atoms with Crippen LogP contribution >= 0.6 is 0 Å². The summed E-state index contributed by atoms with van der Waals surface area (Å²) in [4.78, 5) is 54.6. The Morgan fingerprint density at radius 2 is 1.74 bits per heavy atom. The highest BCUT2D eigenvalue weighted by molar-refractivity contribution is 6.24. The fraction of sp³-hybridized carbons (Fsp3) is 0.481. The molecule has 3 aliphatic carbocycles. The first kappa shape index (κ1) is 31.7. The van der Waals surface area contributed by atoms with Crippen LogP contribution in [0.15, 0.2) is 23.0 Å². The van der Waals surface area contributed by atoms with E-state index in [1.165, 1.54) is 19.0 Å². The zero-order valence-electron chi connectivity index (χ0n) is 24.0. The first-order chi connectivity index (χ1) is 19.8. The quantitative estimate of drug-likeness (QED) is 0.113. The third-order valence-electron chi connectivity index (χ3n) is 8.21. The number of carbonyl (C=O) groups is 4. The number of likely N-dealkylation sites (N-methyl/N-ethyl adjacent to an activating group) is 1. The van der Waals surface area contributed by atoms with E-state index >= 15 is 0 Å². The van der Waals surface area contributed by atoms with Gasteiger partial charge < -0.3 is 51.9 Å². The Kier molecular flexibility index (Phi) is 7.97. The minimum Gasteiger partial charge on any atom is -0.508 e. The summed E-state index contributed by atoms with van der Waals surface area (Å²) in [6, 6.07) is -0.478. The van der Waals surface area contributed by atoms with Gasteiger partial charge in [-0.1, -0.05) is 0 Å². The van der Waals surface area contributed by atoms with E-state index in [1.54, 1.807) is 25.1 Å². The van der Waals surface area contributed by atoms with E-state index < -0.39 is 82.3 Å². The summed E-state index contributed by atoms with van der Waals surface area (Å²) in [6.07, 6.45) is 0.0383. The number of rotatable bonds is 7. The van der Waals surface area contributed by atoms with E-state index in [0.717, 1.165) is 0 Å². The third kappa shape index (κ3) is 5.16. The monoisotopic (exact) mass is 604 g/mol. The molecular weight excluding hydrogens is 568 g/mol. The Hall–Kier alpha value is -4.22. The lowest BCUT2D eigenvalue weighted by Crippen LogP contribution is -2.65. The molecule has 1 aromatic carbocycles. The van der Waals surface area contributed by atoms with Gasteiger partial charge in [-0.2, -0.15) is 0 Å². The van der Waals surface area contributed by atoms with Gasteiger partial charge in [0.1, 0.15) is 22.8 Å². The summed E-state index contributed by atoms with van der Waals surface area (Å²) in [7, 11) is 6.45. The number of hydrogen-bond donors (Lipinski definition) is 10. The van der Waals surface area contributed by atoms with E-state index in [2.05, 4.69) is 10.6 Å². The van der Waals surface area contributed by atoms with Crippen LogP contribution in [0.3, 0.4) is 0 Å². The van der Waals surface area contributed by atoms with Gasteiger partial charge in [0.15, 0.2) is 11.4 Å². The topological polar surface area (TPSA) is 272 Å². The fourth-order valence-corrected chi connectivity index (χ4v) is 6.33. The predicted molar refractivity (Wildman–Crippen MR) is 150 cm³/mol.